The third-order valence-electron chi connectivity index (χ3n) is 4.64. The molecule has 0 radical (unpaired) electrons. The van der Waals surface area contributed by atoms with Crippen molar-refractivity contribution in [3.05, 3.63) is 0 Å². The van der Waals surface area contributed by atoms with Gasteiger partial charge in [0.15, 0.2) is 0 Å². The zero-order valence-corrected chi connectivity index (χ0v) is 14.6. The van der Waals surface area contributed by atoms with Crippen molar-refractivity contribution in [2.24, 2.45) is 5.92 Å². The number of esters is 1. The summed E-state index contributed by atoms with van der Waals surface area (Å²) < 4.78 is 5.27. The van der Waals surface area contributed by atoms with Gasteiger partial charge in [-0.1, -0.05) is 13.8 Å². The van der Waals surface area contributed by atoms with E-state index in [1.807, 2.05) is 13.8 Å². The average Bonchev–Trinajstić information content (AvgIpc) is 2.46. The van der Waals surface area contributed by atoms with Crippen LogP contribution in [0.3, 0.4) is 0 Å². The molecule has 4 heteroatoms. The van der Waals surface area contributed by atoms with Gasteiger partial charge < -0.3 is 15.0 Å². The van der Waals surface area contributed by atoms with Crippen molar-refractivity contribution in [3.8, 4) is 0 Å². The van der Waals surface area contributed by atoms with Crippen molar-refractivity contribution in [3.63, 3.8) is 0 Å². The smallest absolute Gasteiger partial charge is 0.326 e. The van der Waals surface area contributed by atoms with Gasteiger partial charge in [0, 0.05) is 19.1 Å². The summed E-state index contributed by atoms with van der Waals surface area (Å²) >= 11 is 0. The predicted molar refractivity (Wildman–Crippen MR) is 87.4 cm³/mol. The monoisotopic (exact) mass is 298 g/mol. The van der Waals surface area contributed by atoms with Gasteiger partial charge in [-0.15, -0.1) is 0 Å². The van der Waals surface area contributed by atoms with Gasteiger partial charge in [-0.25, -0.2) is 0 Å². The molecule has 1 rings (SSSR count). The van der Waals surface area contributed by atoms with Crippen LogP contribution in [0.1, 0.15) is 60.3 Å². The summed E-state index contributed by atoms with van der Waals surface area (Å²) in [4.78, 5) is 14.8. The molecular weight excluding hydrogens is 264 g/mol. The molecule has 1 aliphatic rings. The van der Waals surface area contributed by atoms with Crippen LogP contribution < -0.4 is 5.32 Å². The maximum atomic E-state index is 12.3. The van der Waals surface area contributed by atoms with Crippen LogP contribution in [0.25, 0.3) is 0 Å². The van der Waals surface area contributed by atoms with Crippen LogP contribution in [0, 0.1) is 5.92 Å². The van der Waals surface area contributed by atoms with Crippen molar-refractivity contribution in [1.82, 2.24) is 10.2 Å². The molecule has 1 N–H and O–H groups in total. The Morgan fingerprint density at radius 2 is 2.05 bits per heavy atom. The van der Waals surface area contributed by atoms with Crippen LogP contribution in [0.4, 0.5) is 0 Å². The molecule has 0 saturated carbocycles. The number of carbonyl (C=O) groups excluding carboxylic acids is 1. The minimum atomic E-state index is -0.563. The Kier molecular flexibility index (Phi) is 7.67. The lowest BCUT2D eigenvalue weighted by Crippen LogP contribution is -2.53. The number of nitrogens with zero attached hydrogens (tertiary/aromatic N) is 1. The highest BCUT2D eigenvalue weighted by atomic mass is 16.5. The van der Waals surface area contributed by atoms with E-state index in [-0.39, 0.29) is 5.97 Å². The Hall–Kier alpha value is -0.610. The lowest BCUT2D eigenvalue weighted by atomic mass is 9.92. The summed E-state index contributed by atoms with van der Waals surface area (Å²) in [6.07, 6.45) is 4.41. The first-order valence-electron chi connectivity index (χ1n) is 8.59. The summed E-state index contributed by atoms with van der Waals surface area (Å²) in [7, 11) is 0. The fraction of sp³-hybridized carbons (Fsp3) is 0.941. The number of ether oxygens (including phenoxy) is 1. The highest BCUT2D eigenvalue weighted by Gasteiger charge is 2.35. The molecule has 3 unspecified atom stereocenters. The van der Waals surface area contributed by atoms with Crippen LogP contribution in [0.2, 0.25) is 0 Å². The molecule has 1 aliphatic heterocycles. The number of hydrogen-bond acceptors (Lipinski definition) is 4. The van der Waals surface area contributed by atoms with Crippen LogP contribution >= 0.6 is 0 Å². The first kappa shape index (κ1) is 18.4. The molecule has 0 spiro atoms. The van der Waals surface area contributed by atoms with Crippen molar-refractivity contribution < 1.29 is 9.53 Å². The molecule has 0 aromatic rings. The quantitative estimate of drug-likeness (QED) is 0.700. The Morgan fingerprint density at radius 1 is 1.33 bits per heavy atom. The highest BCUT2D eigenvalue weighted by molar-refractivity contribution is 5.80. The van der Waals surface area contributed by atoms with Crippen LogP contribution in [-0.4, -0.2) is 48.7 Å². The maximum Gasteiger partial charge on any atom is 0.326 e. The zero-order chi connectivity index (χ0) is 15.9. The number of likely N-dealkylation sites (tertiary alicyclic amines) is 1. The molecule has 124 valence electrons. The van der Waals surface area contributed by atoms with E-state index >= 15 is 0 Å². The molecule has 4 nitrogen and oxygen atoms in total. The van der Waals surface area contributed by atoms with E-state index in [2.05, 4.69) is 31.0 Å². The van der Waals surface area contributed by atoms with E-state index in [1.54, 1.807) is 0 Å². The van der Waals surface area contributed by atoms with Crippen LogP contribution in [-0.2, 0) is 9.53 Å². The van der Waals surface area contributed by atoms with E-state index in [4.69, 9.17) is 4.74 Å². The topological polar surface area (TPSA) is 41.6 Å². The van der Waals surface area contributed by atoms with Gasteiger partial charge in [-0.2, -0.15) is 0 Å². The first-order valence-corrected chi connectivity index (χ1v) is 8.59. The molecule has 0 aromatic heterocycles. The number of carbonyl (C=O) groups is 1. The number of piperidine rings is 1. The van der Waals surface area contributed by atoms with E-state index < -0.39 is 5.54 Å². The van der Waals surface area contributed by atoms with Gasteiger partial charge in [0.2, 0.25) is 0 Å². The second-order valence-electron chi connectivity index (χ2n) is 6.76. The van der Waals surface area contributed by atoms with E-state index in [1.165, 1.54) is 12.8 Å². The van der Waals surface area contributed by atoms with E-state index in [9.17, 15) is 4.79 Å². The molecule has 3 atom stereocenters. The Balaban J connectivity index is 2.61. The van der Waals surface area contributed by atoms with Crippen molar-refractivity contribution in [1.29, 1.82) is 0 Å². The van der Waals surface area contributed by atoms with E-state index in [0.29, 0.717) is 12.6 Å². The zero-order valence-electron chi connectivity index (χ0n) is 14.6. The standard InChI is InChI=1S/C17H34N2O2/c1-6-11-18-17(5,16(20)21-7-2)10-12-19-13-14(3)8-9-15(19)4/h14-15,18H,6-13H2,1-5H3. The Bertz CT molecular complexity index is 322. The molecule has 1 fully saturated rings. The third-order valence-corrected chi connectivity index (χ3v) is 4.64. The summed E-state index contributed by atoms with van der Waals surface area (Å²) in [5.74, 6) is 0.648. The number of rotatable bonds is 8. The summed E-state index contributed by atoms with van der Waals surface area (Å²) in [5, 5.41) is 3.39. The molecule has 0 bridgehead atoms. The molecule has 0 amide bonds. The highest BCUT2D eigenvalue weighted by Crippen LogP contribution is 2.23. The number of nitrogens with one attached hydrogen (secondary N) is 1. The second kappa shape index (κ2) is 8.74. The predicted octanol–water partition coefficient (Wildman–Crippen LogP) is 2.82. The third kappa shape index (κ3) is 5.59. The maximum absolute atomic E-state index is 12.3. The SMILES string of the molecule is CCCNC(C)(CCN1CC(C)CCC1C)C(=O)OCC. The molecule has 21 heavy (non-hydrogen) atoms. The fourth-order valence-electron chi connectivity index (χ4n) is 3.01. The summed E-state index contributed by atoms with van der Waals surface area (Å²) in [6, 6.07) is 0.624. The van der Waals surface area contributed by atoms with Gasteiger partial charge in [0.05, 0.1) is 6.61 Å². The first-order chi connectivity index (χ1) is 9.92. The largest absolute Gasteiger partial charge is 0.465 e. The molecule has 0 aliphatic carbocycles. The van der Waals surface area contributed by atoms with Gasteiger partial charge in [0.1, 0.15) is 5.54 Å². The lowest BCUT2D eigenvalue weighted by molar-refractivity contribution is -0.151. The van der Waals surface area contributed by atoms with Gasteiger partial charge in [0.25, 0.3) is 0 Å². The molecular formula is C17H34N2O2. The number of hydrogen-bond donors (Lipinski definition) is 1. The van der Waals surface area contributed by atoms with E-state index in [0.717, 1.165) is 38.4 Å². The minimum Gasteiger partial charge on any atom is -0.465 e. The summed E-state index contributed by atoms with van der Waals surface area (Å²) in [5.41, 5.74) is -0.563. The molecule has 1 saturated heterocycles. The second-order valence-corrected chi connectivity index (χ2v) is 6.76. The van der Waals surface area contributed by atoms with Gasteiger partial charge in [-0.05, 0) is 58.9 Å². The van der Waals surface area contributed by atoms with Crippen molar-refractivity contribution in [2.45, 2.75) is 71.9 Å². The van der Waals surface area contributed by atoms with Gasteiger partial charge >= 0.3 is 5.97 Å². The van der Waals surface area contributed by atoms with Crippen molar-refractivity contribution in [2.75, 3.05) is 26.2 Å². The van der Waals surface area contributed by atoms with Gasteiger partial charge in [-0.3, -0.25) is 4.79 Å². The normalized spacial score (nSPS) is 26.3. The lowest BCUT2D eigenvalue weighted by Gasteiger charge is -2.39. The van der Waals surface area contributed by atoms with Crippen molar-refractivity contribution >= 4 is 5.97 Å². The molecule has 0 aromatic carbocycles. The van der Waals surface area contributed by atoms with Crippen LogP contribution in [0.15, 0.2) is 0 Å². The average molecular weight is 298 g/mol. The fourth-order valence-corrected chi connectivity index (χ4v) is 3.01. The van der Waals surface area contributed by atoms with Crippen LogP contribution in [0.5, 0.6) is 0 Å². The molecule has 1 heterocycles. The minimum absolute atomic E-state index is 0.115. The summed E-state index contributed by atoms with van der Waals surface area (Å²) in [6.45, 7) is 14.0. The Morgan fingerprint density at radius 3 is 2.67 bits per heavy atom. The Labute approximate surface area is 130 Å².